The van der Waals surface area contributed by atoms with E-state index in [0.29, 0.717) is 133 Å². The Hall–Kier alpha value is -2.81. The number of hydrogen-bond donors (Lipinski definition) is 9. The summed E-state index contributed by atoms with van der Waals surface area (Å²) in [4.78, 5) is 39.9. The Labute approximate surface area is 503 Å². The van der Waals surface area contributed by atoms with Crippen molar-refractivity contribution in [1.82, 2.24) is 9.55 Å². The number of rotatable bonds is 7. The molecule has 1 aromatic carbocycles. The van der Waals surface area contributed by atoms with Crippen molar-refractivity contribution in [3.05, 3.63) is 65.8 Å². The van der Waals surface area contributed by atoms with Crippen molar-refractivity contribution < 1.29 is 60.3 Å². The molecule has 1 aromatic heterocycles. The number of benzene rings is 1. The van der Waals surface area contributed by atoms with Gasteiger partial charge in [-0.15, -0.1) is 0 Å². The molecule has 8 aliphatic carbocycles. The molecular formula is C67H93N3O12S2. The molecule has 7 heterocycles. The third-order valence-corrected chi connectivity index (χ3v) is 30.0. The van der Waals surface area contributed by atoms with Crippen LogP contribution in [0.1, 0.15) is 155 Å². The van der Waals surface area contributed by atoms with E-state index >= 15 is 14.7 Å². The number of aliphatic hydroxyl groups excluding tert-OH is 6. The van der Waals surface area contributed by atoms with Crippen molar-refractivity contribution in [1.29, 1.82) is 0 Å². The Morgan fingerprint density at radius 2 is 1.69 bits per heavy atom. The minimum absolute atomic E-state index is 0.0244. The molecule has 8 fully saturated rings. The largest absolute Gasteiger partial charge is 0.508 e. The Bertz CT molecular complexity index is 3010. The lowest BCUT2D eigenvalue weighted by Gasteiger charge is -2.74. The molecule has 6 saturated carbocycles. The standard InChI is InChI=1S/C67H93N3O12S2/c1-38(2)39(3)53-56(82-53)64(80)19-8-18-60-17-6-12-52-68-24-25-69(52)34-41-13-20-61(31-41)55(77)49(74)33-63-51(75)30-47(48(32-60)59(61,63)4)66(81)23-16-50(64)65(60,66)22-14-40-27-45(29-46(73)28-40)70-37-62(21-15-42(54(62)76)9-7-26-71)67(57(70)78)43(35-72)10-5-11-44(67)36-83-84-58(63)79/h8,18,24-25,27-30,38-39,41-44,48-50,53-56,58,71-74,76-77,79-81H,5-7,9-17,19-23,26,31-37H2,1-4H3/t39-,41+,42-,43+,44+,48+,49-,50-,53+,54-,55-,56-,58-,59+,60+,61-,62-,63+,64-,65+,66-,67-/m1/s1. The molecule has 15 nitrogen and oxygen atoms in total. The maximum atomic E-state index is 16.7. The van der Waals surface area contributed by atoms with Gasteiger partial charge in [-0.05, 0) is 197 Å². The number of epoxide rings is 1. The number of aryl methyl sites for hydroxylation is 2. The van der Waals surface area contributed by atoms with Crippen LogP contribution in [-0.2, 0) is 33.7 Å². The second kappa shape index (κ2) is 20.4. The minimum atomic E-state index is -1.72. The first-order valence-corrected chi connectivity index (χ1v) is 34.9. The molecular weight excluding hydrogens is 1100 g/mol. The van der Waals surface area contributed by atoms with Gasteiger partial charge >= 0.3 is 0 Å². The number of phenolic OH excluding ortho intramolecular Hbond substituents is 1. The van der Waals surface area contributed by atoms with Gasteiger partial charge in [-0.1, -0.05) is 67.9 Å². The predicted octanol–water partition coefficient (Wildman–Crippen LogP) is 7.84. The number of carbonyl (C=O) groups excluding carboxylic acids is 2. The fourth-order valence-corrected chi connectivity index (χ4v) is 26.5. The predicted molar refractivity (Wildman–Crippen MR) is 320 cm³/mol. The maximum Gasteiger partial charge on any atom is 0.234 e. The zero-order chi connectivity index (χ0) is 58.9. The number of fused-ring (bicyclic) bond motifs is 3. The molecule has 6 aliphatic heterocycles. The van der Waals surface area contributed by atoms with Crippen molar-refractivity contribution in [2.75, 3.05) is 30.4 Å². The van der Waals surface area contributed by atoms with Gasteiger partial charge in [0, 0.05) is 84.8 Å². The Morgan fingerprint density at radius 3 is 2.48 bits per heavy atom. The van der Waals surface area contributed by atoms with Crippen LogP contribution in [0.15, 0.2) is 54.4 Å². The first-order valence-electron chi connectivity index (χ1n) is 32.6. The van der Waals surface area contributed by atoms with Gasteiger partial charge in [0.05, 0.1) is 40.8 Å². The highest BCUT2D eigenvalue weighted by molar-refractivity contribution is 8.76. The number of aliphatic hydroxyl groups is 8. The number of hydrogen-bond acceptors (Lipinski definition) is 15. The average Bonchev–Trinajstić information content (AvgIpc) is 1.16. The fourth-order valence-electron chi connectivity index (χ4n) is 23.5. The number of imidazole rings is 1. The van der Waals surface area contributed by atoms with Gasteiger partial charge in [0.1, 0.15) is 28.7 Å². The summed E-state index contributed by atoms with van der Waals surface area (Å²) in [5, 5.41) is 116. The SMILES string of the molecule is CC(C)[C@@H](C)[C@@H]1O[C@H]1[C@@]1(O)CC=C[C@@]23CCCc4nccn4C[C@H]4CC[C@@]5(C4)[C@H](O)[C@H](O)C[C@@]46C(=O)C=C([C@H](C2)[C@@]54C)[C@]2(O)CC[C@H]1[C@@]32CCc1cc(O)cc(c1)N1C[C@@]2(CC[C@@H](CCCO)[C@H]2O)[C@]2(C1=O)[C@H](CO)CCC[C@H]2CSS[C@H]6O. The van der Waals surface area contributed by atoms with Gasteiger partial charge < -0.3 is 60.2 Å². The molecule has 17 heteroatoms. The van der Waals surface area contributed by atoms with Crippen LogP contribution >= 0.6 is 21.6 Å². The number of allylic oxidation sites excluding steroid dienone is 2. The summed E-state index contributed by atoms with van der Waals surface area (Å²) < 4.78 is 8.99. The summed E-state index contributed by atoms with van der Waals surface area (Å²) in [5.41, 5.74) is -11.1. The normalized spacial score (nSPS) is 48.8. The van der Waals surface area contributed by atoms with Crippen molar-refractivity contribution in [2.24, 2.45) is 85.2 Å². The smallest absolute Gasteiger partial charge is 0.234 e. The van der Waals surface area contributed by atoms with Crippen LogP contribution in [0, 0.1) is 85.2 Å². The second-order valence-corrected chi connectivity index (χ2v) is 32.6. The highest BCUT2D eigenvalue weighted by Crippen LogP contribution is 2.83. The van der Waals surface area contributed by atoms with Crippen LogP contribution < -0.4 is 4.90 Å². The number of aromatic hydroxyl groups is 1. The van der Waals surface area contributed by atoms with E-state index in [9.17, 15) is 40.9 Å². The molecule has 0 unspecified atom stereocenters. The maximum absolute atomic E-state index is 16.7. The molecule has 2 saturated heterocycles. The van der Waals surface area contributed by atoms with E-state index in [1.807, 2.05) is 18.5 Å². The molecule has 6 spiro atoms. The quantitative estimate of drug-likeness (QED) is 0.0728. The van der Waals surface area contributed by atoms with Crippen LogP contribution in [0.25, 0.3) is 0 Å². The zero-order valence-corrected chi connectivity index (χ0v) is 51.4. The molecule has 84 heavy (non-hydrogen) atoms. The lowest BCUT2D eigenvalue weighted by Crippen LogP contribution is -2.76. The summed E-state index contributed by atoms with van der Waals surface area (Å²) in [6.45, 7) is 9.20. The highest BCUT2D eigenvalue weighted by atomic mass is 33.1. The van der Waals surface area contributed by atoms with Crippen LogP contribution in [-0.4, -0.2) is 140 Å². The van der Waals surface area contributed by atoms with E-state index in [0.717, 1.165) is 17.8 Å². The summed E-state index contributed by atoms with van der Waals surface area (Å²) in [7, 11) is 2.62. The van der Waals surface area contributed by atoms with Crippen LogP contribution in [0.5, 0.6) is 5.75 Å². The van der Waals surface area contributed by atoms with Crippen LogP contribution in [0.4, 0.5) is 5.69 Å². The van der Waals surface area contributed by atoms with E-state index in [2.05, 4.69) is 44.4 Å². The number of carbonyl (C=O) groups is 2. The van der Waals surface area contributed by atoms with E-state index in [1.165, 1.54) is 21.6 Å². The number of anilines is 1. The fraction of sp³-hybridized carbons (Fsp3) is 0.776. The number of ether oxygens (including phenoxy) is 1. The third-order valence-electron chi connectivity index (χ3n) is 27.4. The van der Waals surface area contributed by atoms with E-state index in [4.69, 9.17) is 9.72 Å². The van der Waals surface area contributed by atoms with Gasteiger partial charge in [-0.25, -0.2) is 4.98 Å². The molecule has 0 radical (unpaired) electrons. The van der Waals surface area contributed by atoms with Crippen molar-refractivity contribution >= 4 is 39.0 Å². The molecule has 16 rings (SSSR count). The number of aromatic nitrogens is 2. The molecule has 2 aromatic rings. The second-order valence-electron chi connectivity index (χ2n) is 30.2. The Morgan fingerprint density at radius 1 is 0.881 bits per heavy atom. The van der Waals surface area contributed by atoms with Gasteiger partial charge in [0.25, 0.3) is 0 Å². The van der Waals surface area contributed by atoms with E-state index in [-0.39, 0.29) is 85.7 Å². The summed E-state index contributed by atoms with van der Waals surface area (Å²) >= 11 is 0. The van der Waals surface area contributed by atoms with Crippen molar-refractivity contribution in [2.45, 2.75) is 210 Å². The van der Waals surface area contributed by atoms with E-state index in [1.54, 1.807) is 23.1 Å². The van der Waals surface area contributed by atoms with Gasteiger partial charge in [0.2, 0.25) is 5.91 Å². The van der Waals surface area contributed by atoms with E-state index < -0.39 is 96.7 Å². The minimum Gasteiger partial charge on any atom is -0.508 e. The first-order chi connectivity index (χ1) is 40.1. The Balaban J connectivity index is 1.02. The summed E-state index contributed by atoms with van der Waals surface area (Å²) in [6, 6.07) is 5.40. The lowest BCUT2D eigenvalue weighted by atomic mass is 9.31. The first kappa shape index (κ1) is 58.8. The third kappa shape index (κ3) is 7.43. The molecule has 12 bridgehead atoms. The Kier molecular flexibility index (Phi) is 14.3. The molecule has 1 amide bonds. The average molecular weight is 1200 g/mol. The van der Waals surface area contributed by atoms with Gasteiger partial charge in [0.15, 0.2) is 5.78 Å². The molecule has 460 valence electrons. The van der Waals surface area contributed by atoms with Crippen molar-refractivity contribution in [3.63, 3.8) is 0 Å². The monoisotopic (exact) mass is 1200 g/mol. The number of ketones is 1. The highest BCUT2D eigenvalue weighted by Gasteiger charge is 2.84. The number of phenols is 1. The van der Waals surface area contributed by atoms with Crippen LogP contribution in [0.3, 0.4) is 0 Å². The summed E-state index contributed by atoms with van der Waals surface area (Å²) in [6.07, 6.45) is 15.4. The van der Waals surface area contributed by atoms with Gasteiger partial charge in [-0.3, -0.25) is 9.59 Å². The van der Waals surface area contributed by atoms with Gasteiger partial charge in [-0.2, -0.15) is 0 Å². The molecule has 9 N–H and O–H groups in total. The van der Waals surface area contributed by atoms with Crippen molar-refractivity contribution in [3.8, 4) is 5.75 Å². The number of nitrogens with zero attached hydrogens (tertiary/aromatic N) is 3. The van der Waals surface area contributed by atoms with Crippen LogP contribution in [0.2, 0.25) is 0 Å². The topological polar surface area (TPSA) is 250 Å². The zero-order valence-electron chi connectivity index (χ0n) is 49.8. The molecule has 22 atom stereocenters. The molecule has 14 aliphatic rings. The summed E-state index contributed by atoms with van der Waals surface area (Å²) in [5.74, 6) is -1.06. The number of amides is 1. The lowest BCUT2D eigenvalue weighted by molar-refractivity contribution is -0.272.